The number of rotatable bonds is 6. The van der Waals surface area contributed by atoms with E-state index in [4.69, 9.17) is 4.74 Å². The molecule has 0 bridgehead atoms. The van der Waals surface area contributed by atoms with E-state index in [9.17, 15) is 0 Å². The first kappa shape index (κ1) is 16.5. The van der Waals surface area contributed by atoms with Crippen LogP contribution in [0.25, 0.3) is 0 Å². The zero-order valence-corrected chi connectivity index (χ0v) is 13.9. The van der Waals surface area contributed by atoms with Crippen LogP contribution in [0.3, 0.4) is 0 Å². The molecule has 0 amide bonds. The molecule has 1 saturated heterocycles. The van der Waals surface area contributed by atoms with Gasteiger partial charge in [-0.1, -0.05) is 38.1 Å². The molecule has 0 aromatic heterocycles. The van der Waals surface area contributed by atoms with Gasteiger partial charge >= 0.3 is 0 Å². The average molecular weight is 290 g/mol. The molecule has 21 heavy (non-hydrogen) atoms. The molecule has 118 valence electrons. The van der Waals surface area contributed by atoms with E-state index in [1.807, 2.05) is 0 Å². The summed E-state index contributed by atoms with van der Waals surface area (Å²) in [6, 6.07) is 10.2. The third-order valence-corrected chi connectivity index (χ3v) is 4.11. The maximum absolute atomic E-state index is 5.69. The summed E-state index contributed by atoms with van der Waals surface area (Å²) in [5.74, 6) is 0. The van der Waals surface area contributed by atoms with Crippen molar-refractivity contribution in [2.45, 2.75) is 58.8 Å². The largest absolute Gasteiger partial charge is 0.376 e. The Labute approximate surface area is 129 Å². The molecule has 2 unspecified atom stereocenters. The van der Waals surface area contributed by atoms with Gasteiger partial charge in [-0.3, -0.25) is 4.90 Å². The van der Waals surface area contributed by atoms with Crippen molar-refractivity contribution in [1.82, 2.24) is 10.2 Å². The summed E-state index contributed by atoms with van der Waals surface area (Å²) in [5, 5.41) is 3.46. The first-order valence-electron chi connectivity index (χ1n) is 8.21. The van der Waals surface area contributed by atoms with Gasteiger partial charge in [-0.25, -0.2) is 0 Å². The van der Waals surface area contributed by atoms with Crippen molar-refractivity contribution in [2.24, 2.45) is 0 Å². The second-order valence-corrected chi connectivity index (χ2v) is 6.60. The second kappa shape index (κ2) is 7.92. The normalized spacial score (nSPS) is 23.7. The third kappa shape index (κ3) is 5.42. The molecule has 0 spiro atoms. The Morgan fingerprint density at radius 3 is 2.52 bits per heavy atom. The summed E-state index contributed by atoms with van der Waals surface area (Å²) in [4.78, 5) is 2.52. The topological polar surface area (TPSA) is 24.5 Å². The van der Waals surface area contributed by atoms with Gasteiger partial charge in [-0.15, -0.1) is 0 Å². The van der Waals surface area contributed by atoms with Crippen LogP contribution in [0.5, 0.6) is 0 Å². The molecule has 2 atom stereocenters. The van der Waals surface area contributed by atoms with E-state index in [1.165, 1.54) is 11.1 Å². The molecular formula is C18H30N2O. The minimum atomic E-state index is 0.350. The number of ether oxygens (including phenoxy) is 1. The standard InChI is InChI=1S/C18H30N2O/c1-14(2)19-10-9-17-5-7-18(8-6-17)12-20-11-16(4)21-13-15(20)3/h5-8,14-16,19H,9-13H2,1-4H3. The van der Waals surface area contributed by atoms with Crippen molar-refractivity contribution < 1.29 is 4.74 Å². The average Bonchev–Trinajstić information content (AvgIpc) is 2.44. The fraction of sp³-hybridized carbons (Fsp3) is 0.667. The van der Waals surface area contributed by atoms with Crippen LogP contribution in [0.4, 0.5) is 0 Å². The number of hydrogen-bond acceptors (Lipinski definition) is 3. The molecule has 0 saturated carbocycles. The lowest BCUT2D eigenvalue weighted by atomic mass is 10.1. The number of hydrogen-bond donors (Lipinski definition) is 1. The van der Waals surface area contributed by atoms with Gasteiger partial charge in [0, 0.05) is 25.2 Å². The van der Waals surface area contributed by atoms with Crippen molar-refractivity contribution in [3.8, 4) is 0 Å². The molecule has 3 nitrogen and oxygen atoms in total. The Morgan fingerprint density at radius 2 is 1.86 bits per heavy atom. The van der Waals surface area contributed by atoms with Gasteiger partial charge < -0.3 is 10.1 Å². The lowest BCUT2D eigenvalue weighted by Gasteiger charge is -2.36. The predicted octanol–water partition coefficient (Wildman–Crippen LogP) is 2.84. The highest BCUT2D eigenvalue weighted by molar-refractivity contribution is 5.23. The molecule has 1 N–H and O–H groups in total. The van der Waals surface area contributed by atoms with E-state index < -0.39 is 0 Å². The highest BCUT2D eigenvalue weighted by Crippen LogP contribution is 2.16. The number of benzene rings is 1. The Bertz CT molecular complexity index is 416. The highest BCUT2D eigenvalue weighted by atomic mass is 16.5. The van der Waals surface area contributed by atoms with Crippen molar-refractivity contribution in [1.29, 1.82) is 0 Å². The maximum atomic E-state index is 5.69. The minimum Gasteiger partial charge on any atom is -0.376 e. The number of morpholine rings is 1. The summed E-state index contributed by atoms with van der Waals surface area (Å²) >= 11 is 0. The van der Waals surface area contributed by atoms with E-state index in [1.54, 1.807) is 0 Å². The van der Waals surface area contributed by atoms with Crippen LogP contribution in [0.15, 0.2) is 24.3 Å². The fourth-order valence-electron chi connectivity index (χ4n) is 2.74. The SMILES string of the molecule is CC(C)NCCc1ccc(CN2CC(C)OCC2C)cc1. The number of nitrogens with one attached hydrogen (secondary N) is 1. The zero-order valence-electron chi connectivity index (χ0n) is 13.9. The fourth-order valence-corrected chi connectivity index (χ4v) is 2.74. The van der Waals surface area contributed by atoms with Crippen LogP contribution in [0, 0.1) is 0 Å². The van der Waals surface area contributed by atoms with Gasteiger partial charge in [-0.05, 0) is 37.9 Å². The van der Waals surface area contributed by atoms with Gasteiger partial charge in [0.1, 0.15) is 0 Å². The maximum Gasteiger partial charge on any atom is 0.0674 e. The molecule has 0 radical (unpaired) electrons. The molecule has 0 aliphatic carbocycles. The van der Waals surface area contributed by atoms with Crippen molar-refractivity contribution in [2.75, 3.05) is 19.7 Å². The Hall–Kier alpha value is -0.900. The van der Waals surface area contributed by atoms with E-state index in [0.29, 0.717) is 18.2 Å². The second-order valence-electron chi connectivity index (χ2n) is 6.60. The Kier molecular flexibility index (Phi) is 6.22. The van der Waals surface area contributed by atoms with E-state index in [-0.39, 0.29) is 0 Å². The lowest BCUT2D eigenvalue weighted by molar-refractivity contribution is -0.0526. The number of nitrogens with zero attached hydrogens (tertiary/aromatic N) is 1. The van der Waals surface area contributed by atoms with Gasteiger partial charge in [0.2, 0.25) is 0 Å². The molecule has 3 heteroatoms. The summed E-state index contributed by atoms with van der Waals surface area (Å²) in [6.07, 6.45) is 1.45. The van der Waals surface area contributed by atoms with Crippen LogP contribution in [-0.4, -0.2) is 42.8 Å². The Balaban J connectivity index is 1.84. The molecular weight excluding hydrogens is 260 g/mol. The summed E-state index contributed by atoms with van der Waals surface area (Å²) in [7, 11) is 0. The van der Waals surface area contributed by atoms with Gasteiger partial charge in [-0.2, -0.15) is 0 Å². The molecule has 1 aliphatic heterocycles. The van der Waals surface area contributed by atoms with Crippen LogP contribution in [0.2, 0.25) is 0 Å². The predicted molar refractivity (Wildman–Crippen MR) is 88.6 cm³/mol. The van der Waals surface area contributed by atoms with Crippen LogP contribution in [0.1, 0.15) is 38.8 Å². The van der Waals surface area contributed by atoms with E-state index in [0.717, 1.165) is 32.7 Å². The molecule has 1 aliphatic rings. The van der Waals surface area contributed by atoms with Crippen LogP contribution in [-0.2, 0) is 17.7 Å². The summed E-state index contributed by atoms with van der Waals surface area (Å²) in [6.45, 7) is 12.7. The molecule has 1 fully saturated rings. The molecule has 1 aromatic rings. The molecule has 1 heterocycles. The van der Waals surface area contributed by atoms with Crippen molar-refractivity contribution >= 4 is 0 Å². The molecule has 1 aromatic carbocycles. The first-order valence-corrected chi connectivity index (χ1v) is 8.21. The smallest absolute Gasteiger partial charge is 0.0674 e. The summed E-state index contributed by atoms with van der Waals surface area (Å²) < 4.78 is 5.69. The van der Waals surface area contributed by atoms with Crippen molar-refractivity contribution in [3.63, 3.8) is 0 Å². The highest BCUT2D eigenvalue weighted by Gasteiger charge is 2.23. The first-order chi connectivity index (χ1) is 10.0. The lowest BCUT2D eigenvalue weighted by Crippen LogP contribution is -2.46. The minimum absolute atomic E-state index is 0.350. The summed E-state index contributed by atoms with van der Waals surface area (Å²) in [5.41, 5.74) is 2.81. The van der Waals surface area contributed by atoms with Crippen LogP contribution < -0.4 is 5.32 Å². The van der Waals surface area contributed by atoms with Crippen molar-refractivity contribution in [3.05, 3.63) is 35.4 Å². The third-order valence-electron chi connectivity index (χ3n) is 4.11. The van der Waals surface area contributed by atoms with Gasteiger partial charge in [0.15, 0.2) is 0 Å². The van der Waals surface area contributed by atoms with Crippen LogP contribution >= 0.6 is 0 Å². The Morgan fingerprint density at radius 1 is 1.19 bits per heavy atom. The zero-order chi connectivity index (χ0) is 15.2. The van der Waals surface area contributed by atoms with Gasteiger partial charge in [0.25, 0.3) is 0 Å². The molecule has 2 rings (SSSR count). The van der Waals surface area contributed by atoms with E-state index in [2.05, 4.69) is 62.2 Å². The monoisotopic (exact) mass is 290 g/mol. The quantitative estimate of drug-likeness (QED) is 0.872. The van der Waals surface area contributed by atoms with E-state index >= 15 is 0 Å². The van der Waals surface area contributed by atoms with Gasteiger partial charge in [0.05, 0.1) is 12.7 Å².